The molecule has 3 heterocycles. The molecule has 1 N–H and O–H groups in total. The second-order valence-electron chi connectivity index (χ2n) is 4.28. The van der Waals surface area contributed by atoms with Gasteiger partial charge in [-0.1, -0.05) is 0 Å². The molecule has 20 heavy (non-hydrogen) atoms. The predicted octanol–water partition coefficient (Wildman–Crippen LogP) is 1.68. The van der Waals surface area contributed by atoms with Crippen LogP contribution in [-0.4, -0.2) is 26.6 Å². The van der Waals surface area contributed by atoms with Gasteiger partial charge < -0.3 is 5.32 Å². The van der Waals surface area contributed by atoms with Crippen LogP contribution in [0.2, 0.25) is 0 Å². The number of hydrogen-bond donors (Lipinski definition) is 1. The van der Waals surface area contributed by atoms with Crippen LogP contribution >= 0.6 is 11.8 Å². The zero-order chi connectivity index (χ0) is 13.8. The molecule has 0 aromatic carbocycles. The highest BCUT2D eigenvalue weighted by atomic mass is 32.2. The maximum Gasteiger partial charge on any atom is 0.248 e. The fourth-order valence-electron chi connectivity index (χ4n) is 1.85. The van der Waals surface area contributed by atoms with Crippen molar-refractivity contribution in [1.29, 1.82) is 0 Å². The Balaban J connectivity index is 1.68. The molecule has 5 nitrogen and oxygen atoms in total. The zero-order valence-corrected chi connectivity index (χ0v) is 11.4. The zero-order valence-electron chi connectivity index (χ0n) is 10.6. The first kappa shape index (κ1) is 12.8. The van der Waals surface area contributed by atoms with Crippen molar-refractivity contribution < 1.29 is 4.79 Å². The summed E-state index contributed by atoms with van der Waals surface area (Å²) in [5.74, 6) is 0.579. The summed E-state index contributed by atoms with van der Waals surface area (Å²) in [6.07, 6.45) is 8.53. The number of nitrogens with zero attached hydrogens (tertiary/aromatic N) is 3. The maximum absolute atomic E-state index is 12.1. The molecule has 0 bridgehead atoms. The summed E-state index contributed by atoms with van der Waals surface area (Å²) in [6.45, 7) is 0.501. The molecule has 0 spiro atoms. The van der Waals surface area contributed by atoms with Crippen LogP contribution in [0.1, 0.15) is 11.1 Å². The van der Waals surface area contributed by atoms with Crippen LogP contribution in [0.5, 0.6) is 0 Å². The van der Waals surface area contributed by atoms with Crippen molar-refractivity contribution in [2.75, 3.05) is 5.75 Å². The number of nitrogens with one attached hydrogen (secondary N) is 1. The van der Waals surface area contributed by atoms with E-state index in [4.69, 9.17) is 0 Å². The molecule has 0 unspecified atom stereocenters. The minimum atomic E-state index is -0.0520. The normalized spacial score (nSPS) is 13.3. The Kier molecular flexibility index (Phi) is 3.73. The number of thioether (sulfide) groups is 1. The monoisotopic (exact) mass is 284 g/mol. The van der Waals surface area contributed by atoms with E-state index >= 15 is 0 Å². The second-order valence-corrected chi connectivity index (χ2v) is 5.24. The number of rotatable bonds is 3. The largest absolute Gasteiger partial charge is 0.348 e. The van der Waals surface area contributed by atoms with Gasteiger partial charge in [0.05, 0.1) is 0 Å². The van der Waals surface area contributed by atoms with Crippen LogP contribution in [0.15, 0.2) is 47.6 Å². The molecule has 1 aliphatic rings. The number of carbonyl (C=O) groups excluding carboxylic acids is 1. The van der Waals surface area contributed by atoms with Crippen molar-refractivity contribution in [1.82, 2.24) is 20.3 Å². The number of fused-ring (bicyclic) bond motifs is 1. The minimum Gasteiger partial charge on any atom is -0.348 e. The summed E-state index contributed by atoms with van der Waals surface area (Å²) in [4.78, 5) is 24.2. The van der Waals surface area contributed by atoms with Gasteiger partial charge in [-0.2, -0.15) is 0 Å². The second kappa shape index (κ2) is 5.83. The molecule has 1 amide bonds. The van der Waals surface area contributed by atoms with Crippen LogP contribution in [0.3, 0.4) is 0 Å². The van der Waals surface area contributed by atoms with Crippen LogP contribution < -0.4 is 5.32 Å². The Bertz CT molecular complexity index is 657. The Hall–Kier alpha value is -2.21. The van der Waals surface area contributed by atoms with E-state index in [1.165, 1.54) is 6.33 Å². The van der Waals surface area contributed by atoms with Crippen molar-refractivity contribution >= 4 is 23.7 Å². The van der Waals surface area contributed by atoms with Gasteiger partial charge >= 0.3 is 0 Å². The van der Waals surface area contributed by atoms with Crippen LogP contribution in [0, 0.1) is 0 Å². The molecule has 3 rings (SSSR count). The average Bonchev–Trinajstić information content (AvgIpc) is 2.53. The fraction of sp³-hybridized carbons (Fsp3) is 0.143. The third kappa shape index (κ3) is 2.85. The SMILES string of the molecule is O=C(NCc1ccncc1)C1=Cc2cncnc2SC1. The molecule has 0 radical (unpaired) electrons. The van der Waals surface area contributed by atoms with Crippen molar-refractivity contribution in [2.45, 2.75) is 11.6 Å². The maximum atomic E-state index is 12.1. The van der Waals surface area contributed by atoms with Crippen molar-refractivity contribution in [3.8, 4) is 0 Å². The van der Waals surface area contributed by atoms with Crippen LogP contribution in [-0.2, 0) is 11.3 Å². The first-order chi connectivity index (χ1) is 9.83. The quantitative estimate of drug-likeness (QED) is 0.869. The van der Waals surface area contributed by atoms with E-state index in [1.54, 1.807) is 30.4 Å². The van der Waals surface area contributed by atoms with E-state index < -0.39 is 0 Å². The summed E-state index contributed by atoms with van der Waals surface area (Å²) in [6, 6.07) is 3.76. The minimum absolute atomic E-state index is 0.0520. The lowest BCUT2D eigenvalue weighted by Gasteiger charge is -2.14. The van der Waals surface area contributed by atoms with Crippen LogP contribution in [0.25, 0.3) is 6.08 Å². The van der Waals surface area contributed by atoms with Gasteiger partial charge in [0.25, 0.3) is 0 Å². The lowest BCUT2D eigenvalue weighted by Crippen LogP contribution is -2.26. The lowest BCUT2D eigenvalue weighted by atomic mass is 10.2. The molecular weight excluding hydrogens is 272 g/mol. The van der Waals surface area contributed by atoms with E-state index in [0.29, 0.717) is 12.3 Å². The van der Waals surface area contributed by atoms with Crippen molar-refractivity contribution in [3.05, 3.63) is 53.8 Å². The molecular formula is C14H12N4OS. The molecule has 0 fully saturated rings. The first-order valence-electron chi connectivity index (χ1n) is 6.13. The van der Waals surface area contributed by atoms with E-state index in [9.17, 15) is 4.79 Å². The third-order valence-electron chi connectivity index (χ3n) is 2.89. The smallest absolute Gasteiger partial charge is 0.248 e. The number of aromatic nitrogens is 3. The van der Waals surface area contributed by atoms with Gasteiger partial charge in [-0.15, -0.1) is 11.8 Å². The molecule has 1 aliphatic heterocycles. The highest BCUT2D eigenvalue weighted by molar-refractivity contribution is 7.99. The molecule has 2 aromatic rings. The first-order valence-corrected chi connectivity index (χ1v) is 7.12. The number of pyridine rings is 1. The Labute approximate surface area is 120 Å². The number of hydrogen-bond acceptors (Lipinski definition) is 5. The molecule has 100 valence electrons. The topological polar surface area (TPSA) is 67.8 Å². The van der Waals surface area contributed by atoms with Crippen molar-refractivity contribution in [2.24, 2.45) is 0 Å². The number of carbonyl (C=O) groups is 1. The fourth-order valence-corrected chi connectivity index (χ4v) is 2.76. The van der Waals surface area contributed by atoms with Gasteiger partial charge in [0.1, 0.15) is 11.4 Å². The summed E-state index contributed by atoms with van der Waals surface area (Å²) < 4.78 is 0. The van der Waals surface area contributed by atoms with Gasteiger partial charge in [0.2, 0.25) is 5.91 Å². The van der Waals surface area contributed by atoms with E-state index in [0.717, 1.165) is 21.7 Å². The Morgan fingerprint density at radius 3 is 3.00 bits per heavy atom. The van der Waals surface area contributed by atoms with E-state index in [1.807, 2.05) is 18.2 Å². The number of amides is 1. The summed E-state index contributed by atoms with van der Waals surface area (Å²) in [5, 5.41) is 3.83. The van der Waals surface area contributed by atoms with E-state index in [-0.39, 0.29) is 5.91 Å². The molecule has 0 aliphatic carbocycles. The molecule has 6 heteroatoms. The Morgan fingerprint density at radius 2 is 2.15 bits per heavy atom. The van der Waals surface area contributed by atoms with Crippen molar-refractivity contribution in [3.63, 3.8) is 0 Å². The third-order valence-corrected chi connectivity index (χ3v) is 3.96. The van der Waals surface area contributed by atoms with Gasteiger partial charge in [-0.3, -0.25) is 9.78 Å². The molecule has 0 saturated carbocycles. The predicted molar refractivity (Wildman–Crippen MR) is 76.8 cm³/mol. The summed E-state index contributed by atoms with van der Waals surface area (Å²) in [5.41, 5.74) is 2.67. The standard InChI is InChI=1S/C14H12N4OS/c19-13(17-6-10-1-3-15-4-2-10)12-5-11-7-16-9-18-14(11)20-8-12/h1-5,7,9H,6,8H2,(H,17,19). The summed E-state index contributed by atoms with van der Waals surface area (Å²) >= 11 is 1.56. The Morgan fingerprint density at radius 1 is 1.30 bits per heavy atom. The highest BCUT2D eigenvalue weighted by Crippen LogP contribution is 2.29. The average molecular weight is 284 g/mol. The molecule has 2 aromatic heterocycles. The van der Waals surface area contributed by atoms with E-state index in [2.05, 4.69) is 20.3 Å². The van der Waals surface area contributed by atoms with Gasteiger partial charge in [-0.25, -0.2) is 9.97 Å². The lowest BCUT2D eigenvalue weighted by molar-refractivity contribution is -0.117. The van der Waals surface area contributed by atoms with Gasteiger partial charge in [0.15, 0.2) is 0 Å². The van der Waals surface area contributed by atoms with Gasteiger partial charge in [-0.05, 0) is 23.8 Å². The van der Waals surface area contributed by atoms with Gasteiger partial charge in [0, 0.05) is 42.0 Å². The van der Waals surface area contributed by atoms with Crippen LogP contribution in [0.4, 0.5) is 0 Å². The molecule has 0 saturated heterocycles. The summed E-state index contributed by atoms with van der Waals surface area (Å²) in [7, 11) is 0. The molecule has 0 atom stereocenters. The highest BCUT2D eigenvalue weighted by Gasteiger charge is 2.17.